The van der Waals surface area contributed by atoms with Crippen LogP contribution in [0, 0.1) is 12.8 Å². The Morgan fingerprint density at radius 1 is 1.18 bits per heavy atom. The van der Waals surface area contributed by atoms with E-state index in [0.29, 0.717) is 31.1 Å². The van der Waals surface area contributed by atoms with Crippen molar-refractivity contribution in [3.8, 4) is 0 Å². The fourth-order valence-electron chi connectivity index (χ4n) is 3.18. The van der Waals surface area contributed by atoms with E-state index in [1.165, 1.54) is 0 Å². The molecule has 0 aliphatic heterocycles. The topological polar surface area (TPSA) is 38.1 Å². The van der Waals surface area contributed by atoms with Gasteiger partial charge in [-0.05, 0) is 42.7 Å². The van der Waals surface area contributed by atoms with Crippen molar-refractivity contribution in [2.45, 2.75) is 33.9 Å². The number of nitrogens with zero attached hydrogens (tertiary/aromatic N) is 3. The predicted molar refractivity (Wildman–Crippen MR) is 114 cm³/mol. The lowest BCUT2D eigenvalue weighted by Crippen LogP contribution is -2.34. The van der Waals surface area contributed by atoms with Gasteiger partial charge in [0.15, 0.2) is 0 Å². The number of carbonyl (C=O) groups is 1. The maximum Gasteiger partial charge on any atom is 0.254 e. The van der Waals surface area contributed by atoms with Gasteiger partial charge in [-0.2, -0.15) is 0 Å². The number of hydrogen-bond acceptors (Lipinski definition) is 2. The summed E-state index contributed by atoms with van der Waals surface area (Å²) in [6.07, 6.45) is 3.73. The van der Waals surface area contributed by atoms with Crippen molar-refractivity contribution in [3.05, 3.63) is 88.5 Å². The first-order valence-electron chi connectivity index (χ1n) is 9.53. The molecule has 0 unspecified atom stereocenters. The largest absolute Gasteiger partial charge is 0.331 e. The van der Waals surface area contributed by atoms with Gasteiger partial charge in [0.25, 0.3) is 5.91 Å². The van der Waals surface area contributed by atoms with Gasteiger partial charge in [-0.15, -0.1) is 0 Å². The van der Waals surface area contributed by atoms with Gasteiger partial charge in [-0.25, -0.2) is 4.98 Å². The molecule has 1 aromatic heterocycles. The summed E-state index contributed by atoms with van der Waals surface area (Å²) in [6, 6.07) is 15.5. The molecule has 3 aromatic rings. The van der Waals surface area contributed by atoms with Gasteiger partial charge in [0.1, 0.15) is 5.82 Å². The number of rotatable bonds is 7. The van der Waals surface area contributed by atoms with Gasteiger partial charge < -0.3 is 9.47 Å². The van der Waals surface area contributed by atoms with Crippen LogP contribution >= 0.6 is 11.6 Å². The molecule has 4 nitrogen and oxygen atoms in total. The molecule has 3 rings (SSSR count). The Bertz CT molecular complexity index is 931. The molecule has 0 fully saturated rings. The van der Waals surface area contributed by atoms with E-state index < -0.39 is 0 Å². The van der Waals surface area contributed by atoms with Crippen molar-refractivity contribution in [1.82, 2.24) is 14.5 Å². The third-order valence-electron chi connectivity index (χ3n) is 4.55. The van der Waals surface area contributed by atoms with Crippen molar-refractivity contribution < 1.29 is 4.79 Å². The lowest BCUT2D eigenvalue weighted by molar-refractivity contribution is 0.0716. The summed E-state index contributed by atoms with van der Waals surface area (Å²) in [7, 11) is 0. The van der Waals surface area contributed by atoms with Crippen molar-refractivity contribution in [3.63, 3.8) is 0 Å². The van der Waals surface area contributed by atoms with Crippen LogP contribution in [-0.4, -0.2) is 26.9 Å². The number of halogens is 1. The van der Waals surface area contributed by atoms with Crippen LogP contribution in [0.5, 0.6) is 0 Å². The Balaban J connectivity index is 1.81. The standard InChI is InChI=1S/C23H26ClN3O/c1-17(2)14-27(23(28)20-9-7-18(3)8-10-20)16-22-25-11-12-26(22)15-19-5-4-6-21(24)13-19/h4-13,17H,14-16H2,1-3H3. The predicted octanol–water partition coefficient (Wildman–Crippen LogP) is 5.19. The molecule has 146 valence electrons. The highest BCUT2D eigenvalue weighted by Crippen LogP contribution is 2.16. The van der Waals surface area contributed by atoms with Gasteiger partial charge >= 0.3 is 0 Å². The van der Waals surface area contributed by atoms with Crippen molar-refractivity contribution >= 4 is 17.5 Å². The van der Waals surface area contributed by atoms with Crippen LogP contribution in [-0.2, 0) is 13.1 Å². The van der Waals surface area contributed by atoms with Crippen LogP contribution in [0.3, 0.4) is 0 Å². The first-order valence-corrected chi connectivity index (χ1v) is 9.90. The minimum absolute atomic E-state index is 0.0333. The zero-order valence-corrected chi connectivity index (χ0v) is 17.4. The number of imidazole rings is 1. The van der Waals surface area contributed by atoms with E-state index in [4.69, 9.17) is 11.6 Å². The summed E-state index contributed by atoms with van der Waals surface area (Å²) in [5, 5.41) is 0.718. The quantitative estimate of drug-likeness (QED) is 0.552. The SMILES string of the molecule is Cc1ccc(C(=O)N(Cc2nccn2Cc2cccc(Cl)c2)CC(C)C)cc1. The second-order valence-corrected chi connectivity index (χ2v) is 7.98. The van der Waals surface area contributed by atoms with E-state index in [9.17, 15) is 4.79 Å². The third kappa shape index (κ3) is 5.23. The Kier molecular flexibility index (Phi) is 6.53. The molecule has 28 heavy (non-hydrogen) atoms. The van der Waals surface area contributed by atoms with E-state index >= 15 is 0 Å². The summed E-state index contributed by atoms with van der Waals surface area (Å²) in [6.45, 7) is 8.08. The highest BCUT2D eigenvalue weighted by atomic mass is 35.5. The molecular formula is C23H26ClN3O. The van der Waals surface area contributed by atoms with Gasteiger partial charge in [0.05, 0.1) is 6.54 Å². The molecule has 0 saturated heterocycles. The Morgan fingerprint density at radius 3 is 2.61 bits per heavy atom. The van der Waals surface area contributed by atoms with Crippen LogP contribution < -0.4 is 0 Å². The molecule has 0 aliphatic carbocycles. The van der Waals surface area contributed by atoms with Crippen LogP contribution in [0.4, 0.5) is 0 Å². The summed E-state index contributed by atoms with van der Waals surface area (Å²) >= 11 is 6.11. The summed E-state index contributed by atoms with van der Waals surface area (Å²) in [4.78, 5) is 19.5. The zero-order valence-electron chi connectivity index (χ0n) is 16.6. The summed E-state index contributed by atoms with van der Waals surface area (Å²) in [5.41, 5.74) is 2.95. The zero-order chi connectivity index (χ0) is 20.1. The average molecular weight is 396 g/mol. The lowest BCUT2D eigenvalue weighted by atomic mass is 10.1. The molecule has 2 aromatic carbocycles. The van der Waals surface area contributed by atoms with E-state index in [0.717, 1.165) is 22.0 Å². The van der Waals surface area contributed by atoms with Gasteiger partial charge in [-0.1, -0.05) is 55.3 Å². The fourth-order valence-corrected chi connectivity index (χ4v) is 3.39. The molecule has 0 aliphatic rings. The average Bonchev–Trinajstić information content (AvgIpc) is 3.07. The minimum atomic E-state index is 0.0333. The Morgan fingerprint density at radius 2 is 1.93 bits per heavy atom. The molecule has 0 atom stereocenters. The molecule has 0 N–H and O–H groups in total. The minimum Gasteiger partial charge on any atom is -0.331 e. The highest BCUT2D eigenvalue weighted by Gasteiger charge is 2.19. The lowest BCUT2D eigenvalue weighted by Gasteiger charge is -2.25. The number of hydrogen-bond donors (Lipinski definition) is 0. The fraction of sp³-hybridized carbons (Fsp3) is 0.304. The maximum atomic E-state index is 13.1. The van der Waals surface area contributed by atoms with Crippen molar-refractivity contribution in [1.29, 1.82) is 0 Å². The van der Waals surface area contributed by atoms with Gasteiger partial charge in [0.2, 0.25) is 0 Å². The molecule has 5 heteroatoms. The molecule has 0 saturated carbocycles. The normalized spacial score (nSPS) is 11.0. The summed E-state index contributed by atoms with van der Waals surface area (Å²) in [5.74, 6) is 1.26. The van der Waals surface area contributed by atoms with Crippen LogP contribution in [0.15, 0.2) is 60.9 Å². The summed E-state index contributed by atoms with van der Waals surface area (Å²) < 4.78 is 2.07. The molecule has 0 bridgehead atoms. The van der Waals surface area contributed by atoms with E-state index in [1.807, 2.05) is 66.6 Å². The van der Waals surface area contributed by atoms with Crippen molar-refractivity contribution in [2.24, 2.45) is 5.92 Å². The molecule has 0 radical (unpaired) electrons. The third-order valence-corrected chi connectivity index (χ3v) is 4.78. The van der Waals surface area contributed by atoms with E-state index in [2.05, 4.69) is 23.4 Å². The first kappa shape index (κ1) is 20.2. The molecular weight excluding hydrogens is 370 g/mol. The van der Waals surface area contributed by atoms with Crippen molar-refractivity contribution in [2.75, 3.05) is 6.54 Å². The maximum absolute atomic E-state index is 13.1. The second kappa shape index (κ2) is 9.07. The molecule has 0 spiro atoms. The number of carbonyl (C=O) groups excluding carboxylic acids is 1. The van der Waals surface area contributed by atoms with Gasteiger partial charge in [0, 0.05) is 36.1 Å². The number of benzene rings is 2. The number of amides is 1. The van der Waals surface area contributed by atoms with E-state index in [-0.39, 0.29) is 5.91 Å². The number of aryl methyl sites for hydroxylation is 1. The Hall–Kier alpha value is -2.59. The number of aromatic nitrogens is 2. The van der Waals surface area contributed by atoms with Gasteiger partial charge in [-0.3, -0.25) is 4.79 Å². The monoisotopic (exact) mass is 395 g/mol. The molecule has 1 heterocycles. The van der Waals surface area contributed by atoms with E-state index in [1.54, 1.807) is 6.20 Å². The van der Waals surface area contributed by atoms with Crippen LogP contribution in [0.25, 0.3) is 0 Å². The smallest absolute Gasteiger partial charge is 0.254 e. The highest BCUT2D eigenvalue weighted by molar-refractivity contribution is 6.30. The Labute approximate surface area is 171 Å². The van der Waals surface area contributed by atoms with Crippen LogP contribution in [0.2, 0.25) is 5.02 Å². The first-order chi connectivity index (χ1) is 13.4. The molecule has 1 amide bonds. The second-order valence-electron chi connectivity index (χ2n) is 7.55. The van der Waals surface area contributed by atoms with Crippen LogP contribution in [0.1, 0.15) is 41.2 Å².